The molecule has 0 bridgehead atoms. The Balaban J connectivity index is 1.63. The van der Waals surface area contributed by atoms with Crippen molar-refractivity contribution in [3.05, 3.63) is 129 Å². The number of nitrogens with one attached hydrogen (secondary N) is 1. The van der Waals surface area contributed by atoms with Crippen LogP contribution in [0, 0.1) is 10.1 Å². The van der Waals surface area contributed by atoms with Crippen LogP contribution in [0.25, 0.3) is 21.7 Å². The number of nitro benzene ring substituents is 1. The molecule has 5 aromatic rings. The van der Waals surface area contributed by atoms with Crippen LogP contribution in [-0.4, -0.2) is 15.7 Å². The summed E-state index contributed by atoms with van der Waals surface area (Å²) >= 11 is 0. The number of nitrogens with two attached hydrogens (primary N) is 1. The maximum atomic E-state index is 14.1. The van der Waals surface area contributed by atoms with Crippen LogP contribution >= 0.6 is 0 Å². The average molecular weight is 461 g/mol. The SMILES string of the molecule is NC1=C(C(=O)c2c[nH]c3ccccc23)C(c2cccc([N+](=O)[O-])c2)c2c(ccc3ccccc23)O1. The molecular formula is C28H19N3O4. The Morgan fingerprint density at radius 2 is 1.71 bits per heavy atom. The fourth-order valence-corrected chi connectivity index (χ4v) is 4.92. The first-order valence-corrected chi connectivity index (χ1v) is 11.1. The van der Waals surface area contributed by atoms with Crippen LogP contribution in [0.15, 0.2) is 103 Å². The predicted molar refractivity (Wildman–Crippen MR) is 133 cm³/mol. The number of ketones is 1. The van der Waals surface area contributed by atoms with E-state index in [4.69, 9.17) is 10.5 Å². The molecule has 1 aliphatic rings. The molecule has 3 N–H and O–H groups in total. The van der Waals surface area contributed by atoms with E-state index in [-0.39, 0.29) is 22.9 Å². The van der Waals surface area contributed by atoms with Crippen molar-refractivity contribution < 1.29 is 14.5 Å². The van der Waals surface area contributed by atoms with Gasteiger partial charge >= 0.3 is 0 Å². The van der Waals surface area contributed by atoms with E-state index < -0.39 is 10.8 Å². The first-order valence-electron chi connectivity index (χ1n) is 11.1. The van der Waals surface area contributed by atoms with E-state index in [0.717, 1.165) is 27.2 Å². The van der Waals surface area contributed by atoms with Crippen LogP contribution in [0.3, 0.4) is 0 Å². The van der Waals surface area contributed by atoms with Gasteiger partial charge in [0.05, 0.1) is 10.5 Å². The number of hydrogen-bond donors (Lipinski definition) is 2. The minimum Gasteiger partial charge on any atom is -0.441 e. The summed E-state index contributed by atoms with van der Waals surface area (Å²) in [6.07, 6.45) is 1.66. The number of hydrogen-bond acceptors (Lipinski definition) is 5. The summed E-state index contributed by atoms with van der Waals surface area (Å²) < 4.78 is 6.01. The number of Topliss-reactive ketones (excluding diaryl/α,β-unsaturated/α-hetero) is 1. The molecule has 7 nitrogen and oxygen atoms in total. The molecule has 0 saturated carbocycles. The minimum atomic E-state index is -0.661. The highest BCUT2D eigenvalue weighted by Crippen LogP contribution is 2.47. The lowest BCUT2D eigenvalue weighted by Crippen LogP contribution is -2.26. The summed E-state index contributed by atoms with van der Waals surface area (Å²) in [7, 11) is 0. The highest BCUT2D eigenvalue weighted by Gasteiger charge is 2.37. The molecule has 0 amide bonds. The third kappa shape index (κ3) is 3.25. The Hall–Kier alpha value is -4.91. The van der Waals surface area contributed by atoms with E-state index in [9.17, 15) is 14.9 Å². The van der Waals surface area contributed by atoms with Crippen LogP contribution in [-0.2, 0) is 0 Å². The third-order valence-corrected chi connectivity index (χ3v) is 6.49. The number of allylic oxidation sites excluding steroid dienone is 1. The molecule has 1 aromatic heterocycles. The van der Waals surface area contributed by atoms with Crippen molar-refractivity contribution in [2.24, 2.45) is 5.73 Å². The summed E-state index contributed by atoms with van der Waals surface area (Å²) in [5.74, 6) is -0.450. The van der Waals surface area contributed by atoms with E-state index in [1.165, 1.54) is 12.1 Å². The van der Waals surface area contributed by atoms with Crippen LogP contribution < -0.4 is 10.5 Å². The van der Waals surface area contributed by atoms with Gasteiger partial charge in [-0.25, -0.2) is 0 Å². The molecule has 170 valence electrons. The first-order chi connectivity index (χ1) is 17.0. The fraction of sp³-hybridized carbons (Fsp3) is 0.0357. The smallest absolute Gasteiger partial charge is 0.269 e. The van der Waals surface area contributed by atoms with Gasteiger partial charge in [0.25, 0.3) is 5.69 Å². The second kappa shape index (κ2) is 7.85. The average Bonchev–Trinajstić information content (AvgIpc) is 3.31. The van der Waals surface area contributed by atoms with Gasteiger partial charge in [0.15, 0.2) is 11.7 Å². The highest BCUT2D eigenvalue weighted by molar-refractivity contribution is 6.18. The quantitative estimate of drug-likeness (QED) is 0.199. The molecule has 0 spiro atoms. The zero-order valence-electron chi connectivity index (χ0n) is 18.4. The number of carbonyl (C=O) groups is 1. The van der Waals surface area contributed by atoms with Crippen LogP contribution in [0.5, 0.6) is 5.75 Å². The van der Waals surface area contributed by atoms with Crippen molar-refractivity contribution in [2.45, 2.75) is 5.92 Å². The van der Waals surface area contributed by atoms with Crippen molar-refractivity contribution >= 4 is 33.1 Å². The number of non-ortho nitro benzene ring substituents is 1. The number of aromatic nitrogens is 1. The molecule has 2 heterocycles. The summed E-state index contributed by atoms with van der Waals surface area (Å²) in [4.78, 5) is 28.3. The lowest BCUT2D eigenvalue weighted by Gasteiger charge is -2.30. The van der Waals surface area contributed by atoms with Crippen molar-refractivity contribution in [1.82, 2.24) is 4.98 Å². The molecule has 4 aromatic carbocycles. The minimum absolute atomic E-state index is 0.0143. The van der Waals surface area contributed by atoms with Gasteiger partial charge < -0.3 is 15.5 Å². The largest absolute Gasteiger partial charge is 0.441 e. The van der Waals surface area contributed by atoms with Crippen molar-refractivity contribution in [3.63, 3.8) is 0 Å². The molecule has 1 atom stereocenters. The summed E-state index contributed by atoms with van der Waals surface area (Å²) in [5, 5.41) is 14.2. The normalized spacial score (nSPS) is 15.1. The molecule has 0 aliphatic carbocycles. The van der Waals surface area contributed by atoms with Gasteiger partial charge in [0, 0.05) is 46.3 Å². The van der Waals surface area contributed by atoms with Gasteiger partial charge in [-0.15, -0.1) is 0 Å². The van der Waals surface area contributed by atoms with Gasteiger partial charge in [-0.3, -0.25) is 14.9 Å². The zero-order valence-corrected chi connectivity index (χ0v) is 18.4. The molecule has 7 heteroatoms. The van der Waals surface area contributed by atoms with Crippen LogP contribution in [0.1, 0.15) is 27.4 Å². The van der Waals surface area contributed by atoms with Crippen molar-refractivity contribution in [3.8, 4) is 5.75 Å². The van der Waals surface area contributed by atoms with Crippen molar-refractivity contribution in [1.29, 1.82) is 0 Å². The van der Waals surface area contributed by atoms with E-state index in [0.29, 0.717) is 16.9 Å². The molecule has 1 unspecified atom stereocenters. The van der Waals surface area contributed by atoms with Crippen molar-refractivity contribution in [2.75, 3.05) is 0 Å². The summed E-state index contributed by atoms with van der Waals surface area (Å²) in [6.45, 7) is 0. The highest BCUT2D eigenvalue weighted by atomic mass is 16.6. The van der Waals surface area contributed by atoms with Gasteiger partial charge in [0.1, 0.15) is 5.75 Å². The van der Waals surface area contributed by atoms with Crippen LogP contribution in [0.2, 0.25) is 0 Å². The number of H-pyrrole nitrogens is 1. The van der Waals surface area contributed by atoms with E-state index >= 15 is 0 Å². The van der Waals surface area contributed by atoms with Gasteiger partial charge in [-0.2, -0.15) is 0 Å². The fourth-order valence-electron chi connectivity index (χ4n) is 4.92. The van der Waals surface area contributed by atoms with Gasteiger partial charge in [0.2, 0.25) is 0 Å². The number of ether oxygens (including phenoxy) is 1. The maximum Gasteiger partial charge on any atom is 0.269 e. The topological polar surface area (TPSA) is 111 Å². The summed E-state index contributed by atoms with van der Waals surface area (Å²) in [5.41, 5.74) is 9.22. The number of aromatic amines is 1. The number of rotatable bonds is 4. The Labute approximate surface area is 199 Å². The Bertz CT molecular complexity index is 1700. The van der Waals surface area contributed by atoms with E-state index in [1.54, 1.807) is 18.3 Å². The van der Waals surface area contributed by atoms with Crippen LogP contribution in [0.4, 0.5) is 5.69 Å². The number of carbonyl (C=O) groups excluding carboxylic acids is 1. The number of nitro groups is 1. The zero-order chi connectivity index (χ0) is 24.1. The Morgan fingerprint density at radius 3 is 2.54 bits per heavy atom. The third-order valence-electron chi connectivity index (χ3n) is 6.49. The molecular weight excluding hydrogens is 442 g/mol. The number of nitrogens with zero attached hydrogens (tertiary/aromatic N) is 1. The summed E-state index contributed by atoms with van der Waals surface area (Å²) in [6, 6.07) is 25.4. The second-order valence-electron chi connectivity index (χ2n) is 8.44. The molecule has 0 radical (unpaired) electrons. The number of benzene rings is 4. The Kier molecular flexibility index (Phi) is 4.64. The van der Waals surface area contributed by atoms with E-state index in [1.807, 2.05) is 60.7 Å². The number of fused-ring (bicyclic) bond motifs is 4. The predicted octanol–water partition coefficient (Wildman–Crippen LogP) is 5.81. The monoisotopic (exact) mass is 461 g/mol. The lowest BCUT2D eigenvalue weighted by molar-refractivity contribution is -0.384. The molecule has 6 rings (SSSR count). The molecule has 0 fully saturated rings. The first kappa shape index (κ1) is 20.7. The van der Waals surface area contributed by atoms with Gasteiger partial charge in [-0.1, -0.05) is 60.7 Å². The standard InChI is InChI=1S/C28H19N3O4/c29-28-26(27(32)21-15-30-22-11-4-3-10-20(21)22)24(17-7-5-8-18(14-17)31(33)34)25-19-9-2-1-6-16(19)12-13-23(25)35-28/h1-15,24,30H,29H2. The molecule has 35 heavy (non-hydrogen) atoms. The second-order valence-corrected chi connectivity index (χ2v) is 8.44. The Morgan fingerprint density at radius 1 is 0.943 bits per heavy atom. The molecule has 0 saturated heterocycles. The number of para-hydroxylation sites is 1. The van der Waals surface area contributed by atoms with Gasteiger partial charge in [-0.05, 0) is 28.5 Å². The maximum absolute atomic E-state index is 14.1. The molecule has 1 aliphatic heterocycles. The lowest BCUT2D eigenvalue weighted by atomic mass is 9.78. The van der Waals surface area contributed by atoms with E-state index in [2.05, 4.69) is 4.98 Å².